The highest BCUT2D eigenvalue weighted by Gasteiger charge is 2.33. The van der Waals surface area contributed by atoms with E-state index in [1.807, 2.05) is 39.5 Å². The summed E-state index contributed by atoms with van der Waals surface area (Å²) in [5.74, 6) is -1.34. The van der Waals surface area contributed by atoms with Crippen molar-refractivity contribution in [2.75, 3.05) is 31.2 Å². The van der Waals surface area contributed by atoms with Crippen molar-refractivity contribution in [2.24, 2.45) is 0 Å². The van der Waals surface area contributed by atoms with Crippen LogP contribution in [0.4, 0.5) is 14.6 Å². The maximum atomic E-state index is 15.4. The molecule has 0 aliphatic carbocycles. The number of nitrogens with one attached hydrogen (secondary N) is 1. The first-order valence-corrected chi connectivity index (χ1v) is 15.3. The van der Waals surface area contributed by atoms with Crippen LogP contribution in [0.3, 0.4) is 0 Å². The number of ether oxygens (including phenoxy) is 2. The van der Waals surface area contributed by atoms with Crippen molar-refractivity contribution in [1.82, 2.24) is 24.8 Å². The Morgan fingerprint density at radius 2 is 1.85 bits per heavy atom. The van der Waals surface area contributed by atoms with Gasteiger partial charge >= 0.3 is 5.69 Å². The van der Waals surface area contributed by atoms with Crippen LogP contribution >= 0.6 is 11.6 Å². The number of nitrogens with zero attached hydrogens (tertiary/aromatic N) is 5. The summed E-state index contributed by atoms with van der Waals surface area (Å²) in [5.41, 5.74) is 0.802. The van der Waals surface area contributed by atoms with Gasteiger partial charge in [-0.15, -0.1) is 0 Å². The van der Waals surface area contributed by atoms with Crippen LogP contribution in [0.15, 0.2) is 47.9 Å². The molecular formula is C33H35ClF2N6O4. The molecule has 4 heterocycles. The highest BCUT2D eigenvalue weighted by atomic mass is 35.5. The van der Waals surface area contributed by atoms with E-state index >= 15 is 4.39 Å². The molecule has 0 radical (unpaired) electrons. The second-order valence-electron chi connectivity index (χ2n) is 11.5. The van der Waals surface area contributed by atoms with Gasteiger partial charge in [-0.2, -0.15) is 4.98 Å². The lowest BCUT2D eigenvalue weighted by atomic mass is 10.0. The minimum absolute atomic E-state index is 0.00333. The molecule has 1 N–H and O–H groups in total. The standard InChI is InChI=1S/C33H35ClF2N6O4/c1-7-26(43)41-15-19(5)42(16-18(41)4)32-21-14-22(34)30(38-31(21)39-33(44)40-32)27-25(9-8-23(35)28(27)36)46-13-12-45-24-10-11-37-29(17(2)3)20(24)6/h7-11,14,17-19H,1,12-13,15-16H2,2-6H3,(H,38,39,40,44)/t18-,19+/m1/s1. The predicted molar refractivity (Wildman–Crippen MR) is 173 cm³/mol. The Morgan fingerprint density at radius 3 is 2.54 bits per heavy atom. The summed E-state index contributed by atoms with van der Waals surface area (Å²) in [6.07, 6.45) is 2.95. The van der Waals surface area contributed by atoms with Gasteiger partial charge in [-0.05, 0) is 57.0 Å². The Balaban J connectivity index is 1.46. The van der Waals surface area contributed by atoms with Gasteiger partial charge in [-0.25, -0.2) is 18.6 Å². The van der Waals surface area contributed by atoms with E-state index in [9.17, 15) is 14.0 Å². The van der Waals surface area contributed by atoms with Crippen LogP contribution in [0.25, 0.3) is 22.3 Å². The first-order valence-electron chi connectivity index (χ1n) is 14.9. The van der Waals surface area contributed by atoms with Gasteiger partial charge in [-0.3, -0.25) is 14.8 Å². The second kappa shape index (κ2) is 13.4. The van der Waals surface area contributed by atoms with Crippen molar-refractivity contribution < 1.29 is 23.0 Å². The highest BCUT2D eigenvalue weighted by molar-refractivity contribution is 6.34. The Bertz CT molecular complexity index is 1870. The fourth-order valence-electron chi connectivity index (χ4n) is 5.73. The van der Waals surface area contributed by atoms with Crippen LogP contribution in [-0.2, 0) is 4.79 Å². The lowest BCUT2D eigenvalue weighted by Crippen LogP contribution is -2.58. The molecule has 5 rings (SSSR count). The van der Waals surface area contributed by atoms with Gasteiger partial charge < -0.3 is 19.3 Å². The van der Waals surface area contributed by atoms with Crippen LogP contribution in [0, 0.1) is 18.6 Å². The molecule has 0 saturated carbocycles. The topological polar surface area (TPSA) is 114 Å². The molecule has 242 valence electrons. The van der Waals surface area contributed by atoms with E-state index in [1.165, 1.54) is 18.2 Å². The van der Waals surface area contributed by atoms with Crippen molar-refractivity contribution in [3.05, 3.63) is 81.5 Å². The van der Waals surface area contributed by atoms with Crippen LogP contribution in [0.5, 0.6) is 11.5 Å². The quantitative estimate of drug-likeness (QED) is 0.178. The molecular weight excluding hydrogens is 618 g/mol. The summed E-state index contributed by atoms with van der Waals surface area (Å²) in [7, 11) is 0. The van der Waals surface area contributed by atoms with Gasteiger partial charge in [-0.1, -0.05) is 32.0 Å². The number of amides is 1. The number of fused-ring (bicyclic) bond motifs is 1. The van der Waals surface area contributed by atoms with E-state index in [0.717, 1.165) is 17.3 Å². The number of H-pyrrole nitrogens is 1. The summed E-state index contributed by atoms with van der Waals surface area (Å²) >= 11 is 6.69. The van der Waals surface area contributed by atoms with Crippen LogP contribution in [0.1, 0.15) is 44.9 Å². The highest BCUT2D eigenvalue weighted by Crippen LogP contribution is 2.39. The van der Waals surface area contributed by atoms with E-state index in [2.05, 4.69) is 26.5 Å². The molecule has 46 heavy (non-hydrogen) atoms. The maximum absolute atomic E-state index is 15.4. The molecule has 1 aliphatic rings. The molecule has 2 atom stereocenters. The Hall–Kier alpha value is -4.58. The maximum Gasteiger partial charge on any atom is 0.348 e. The van der Waals surface area contributed by atoms with Gasteiger partial charge in [0.1, 0.15) is 36.2 Å². The zero-order chi connectivity index (χ0) is 33.3. The van der Waals surface area contributed by atoms with Crippen molar-refractivity contribution >= 4 is 34.4 Å². The van der Waals surface area contributed by atoms with E-state index in [-0.39, 0.29) is 64.8 Å². The number of rotatable bonds is 9. The third kappa shape index (κ3) is 6.39. The molecule has 1 fully saturated rings. The zero-order valence-corrected chi connectivity index (χ0v) is 27.0. The lowest BCUT2D eigenvalue weighted by Gasteiger charge is -2.44. The molecule has 1 saturated heterocycles. The number of pyridine rings is 2. The lowest BCUT2D eigenvalue weighted by molar-refractivity contribution is -0.128. The van der Waals surface area contributed by atoms with Gasteiger partial charge in [0.2, 0.25) is 5.91 Å². The summed E-state index contributed by atoms with van der Waals surface area (Å²) < 4.78 is 41.8. The summed E-state index contributed by atoms with van der Waals surface area (Å²) in [5, 5.41) is 0.389. The molecule has 10 nitrogen and oxygen atoms in total. The molecule has 0 unspecified atom stereocenters. The van der Waals surface area contributed by atoms with Crippen LogP contribution < -0.4 is 20.1 Å². The minimum atomic E-state index is -1.21. The van der Waals surface area contributed by atoms with E-state index in [1.54, 1.807) is 17.2 Å². The summed E-state index contributed by atoms with van der Waals surface area (Å²) in [6.45, 7) is 14.3. The molecule has 4 aromatic rings. The van der Waals surface area contributed by atoms with Crippen LogP contribution in [0.2, 0.25) is 5.02 Å². The third-order valence-corrected chi connectivity index (χ3v) is 8.29. The Morgan fingerprint density at radius 1 is 1.13 bits per heavy atom. The monoisotopic (exact) mass is 652 g/mol. The van der Waals surface area contributed by atoms with Crippen molar-refractivity contribution in [1.29, 1.82) is 0 Å². The van der Waals surface area contributed by atoms with Crippen LogP contribution in [-0.4, -0.2) is 69.1 Å². The summed E-state index contributed by atoms with van der Waals surface area (Å²) in [6, 6.07) is 5.09. The third-order valence-electron chi connectivity index (χ3n) is 8.00. The molecule has 1 amide bonds. The molecule has 1 aromatic carbocycles. The number of hydrogen-bond acceptors (Lipinski definition) is 8. The summed E-state index contributed by atoms with van der Waals surface area (Å²) in [4.78, 5) is 44.4. The largest absolute Gasteiger partial charge is 0.490 e. The Labute approximate surface area is 270 Å². The second-order valence-corrected chi connectivity index (χ2v) is 11.9. The number of benzene rings is 1. The van der Waals surface area contributed by atoms with Crippen molar-refractivity contribution in [2.45, 2.75) is 52.6 Å². The molecule has 0 bridgehead atoms. The normalized spacial score (nSPS) is 16.6. The first-order chi connectivity index (χ1) is 21.9. The van der Waals surface area contributed by atoms with E-state index in [4.69, 9.17) is 21.1 Å². The average molecular weight is 653 g/mol. The first kappa shape index (κ1) is 32.8. The van der Waals surface area contributed by atoms with Gasteiger partial charge in [0.25, 0.3) is 0 Å². The fourth-order valence-corrected chi connectivity index (χ4v) is 5.98. The van der Waals surface area contributed by atoms with Gasteiger partial charge in [0.15, 0.2) is 11.6 Å². The van der Waals surface area contributed by atoms with Gasteiger partial charge in [0.05, 0.1) is 21.7 Å². The van der Waals surface area contributed by atoms with Crippen molar-refractivity contribution in [3.63, 3.8) is 0 Å². The SMILES string of the molecule is C=CC(=O)N1C[C@H](C)N(c2nc(=O)[nH]c3nc(-c4c(OCCOc5ccnc(C(C)C)c5C)ccc(F)c4F)c(Cl)cc23)C[C@H]1C. The van der Waals surface area contributed by atoms with E-state index in [0.29, 0.717) is 30.0 Å². The van der Waals surface area contributed by atoms with Crippen molar-refractivity contribution in [3.8, 4) is 22.8 Å². The fraction of sp³-hybridized carbons (Fsp3) is 0.364. The molecule has 0 spiro atoms. The number of carbonyl (C=O) groups excluding carboxylic acids is 1. The number of anilines is 1. The number of hydrogen-bond donors (Lipinski definition) is 1. The number of halogens is 3. The molecule has 1 aliphatic heterocycles. The van der Waals surface area contributed by atoms with Gasteiger partial charge in [0, 0.05) is 42.6 Å². The number of carbonyl (C=O) groups is 1. The number of aromatic amines is 1. The smallest absolute Gasteiger partial charge is 0.348 e. The average Bonchev–Trinajstić information content (AvgIpc) is 3.02. The minimum Gasteiger partial charge on any atom is -0.490 e. The Kier molecular flexibility index (Phi) is 9.57. The number of aromatic nitrogens is 4. The predicted octanol–water partition coefficient (Wildman–Crippen LogP) is 5.81. The van der Waals surface area contributed by atoms with E-state index < -0.39 is 17.3 Å². The zero-order valence-electron chi connectivity index (χ0n) is 26.2. The number of piperazine rings is 1. The molecule has 3 aromatic heterocycles. The molecule has 13 heteroatoms.